The van der Waals surface area contributed by atoms with E-state index in [0.29, 0.717) is 12.3 Å². The molecule has 5 atom stereocenters. The Kier molecular flexibility index (Phi) is 5.03. The predicted molar refractivity (Wildman–Crippen MR) is 112 cm³/mol. The molecule has 30 heavy (non-hydrogen) atoms. The molecule has 1 saturated heterocycles. The second-order valence-corrected chi connectivity index (χ2v) is 8.84. The zero-order valence-corrected chi connectivity index (χ0v) is 17.3. The number of rotatable bonds is 3. The van der Waals surface area contributed by atoms with Crippen molar-refractivity contribution in [3.05, 3.63) is 35.5 Å². The van der Waals surface area contributed by atoms with Gasteiger partial charge in [0.2, 0.25) is 0 Å². The number of piperidine rings is 1. The Balaban J connectivity index is 1.48. The van der Waals surface area contributed by atoms with Crippen LogP contribution in [-0.2, 0) is 25.5 Å². The van der Waals surface area contributed by atoms with E-state index in [1.54, 1.807) is 0 Å². The number of aromatic amines is 1. The number of methoxy groups -OCH3 is 1. The minimum absolute atomic E-state index is 0.125. The van der Waals surface area contributed by atoms with Crippen molar-refractivity contribution in [2.75, 3.05) is 26.7 Å². The molecule has 0 unspecified atom stereocenters. The van der Waals surface area contributed by atoms with Gasteiger partial charge in [-0.2, -0.15) is 0 Å². The van der Waals surface area contributed by atoms with Crippen molar-refractivity contribution in [1.29, 1.82) is 0 Å². The molecule has 3 heterocycles. The number of hydrogen-bond donors (Lipinski definition) is 2. The van der Waals surface area contributed by atoms with E-state index < -0.39 is 18.0 Å². The SMILES string of the molecule is COC(=O)[C@@H]1[C@H]2C[C@H]3c4[nH]c5ccccc5c4CCN3C[C@@H]2CC[C@@H]1OC(=O)CN. The number of ether oxygens (including phenoxy) is 2. The van der Waals surface area contributed by atoms with Gasteiger partial charge in [-0.3, -0.25) is 14.5 Å². The van der Waals surface area contributed by atoms with E-state index in [-0.39, 0.29) is 24.5 Å². The first-order valence-electron chi connectivity index (χ1n) is 10.9. The third-order valence-corrected chi connectivity index (χ3v) is 7.45. The van der Waals surface area contributed by atoms with Crippen molar-refractivity contribution in [2.45, 2.75) is 37.8 Å². The molecule has 3 N–H and O–H groups in total. The summed E-state index contributed by atoms with van der Waals surface area (Å²) in [5, 5.41) is 1.30. The lowest BCUT2D eigenvalue weighted by atomic mass is 9.64. The van der Waals surface area contributed by atoms with Crippen LogP contribution >= 0.6 is 0 Å². The number of carbonyl (C=O) groups excluding carboxylic acids is 2. The van der Waals surface area contributed by atoms with E-state index >= 15 is 0 Å². The Labute approximate surface area is 175 Å². The molecule has 7 heteroatoms. The van der Waals surface area contributed by atoms with Crippen molar-refractivity contribution in [2.24, 2.45) is 23.5 Å². The number of esters is 2. The monoisotopic (exact) mass is 411 g/mol. The zero-order valence-electron chi connectivity index (χ0n) is 17.3. The molecule has 0 spiro atoms. The normalized spacial score (nSPS) is 30.8. The van der Waals surface area contributed by atoms with Gasteiger partial charge in [0, 0.05) is 29.7 Å². The molecule has 1 saturated carbocycles. The quantitative estimate of drug-likeness (QED) is 0.751. The summed E-state index contributed by atoms with van der Waals surface area (Å²) in [7, 11) is 1.42. The van der Waals surface area contributed by atoms with E-state index in [1.165, 1.54) is 29.3 Å². The van der Waals surface area contributed by atoms with Crippen LogP contribution < -0.4 is 5.73 Å². The Morgan fingerprint density at radius 3 is 2.90 bits per heavy atom. The minimum Gasteiger partial charge on any atom is -0.469 e. The Hall–Kier alpha value is -2.38. The Morgan fingerprint density at radius 1 is 1.27 bits per heavy atom. The lowest BCUT2D eigenvalue weighted by molar-refractivity contribution is -0.171. The van der Waals surface area contributed by atoms with Gasteiger partial charge < -0.3 is 20.2 Å². The maximum Gasteiger partial charge on any atom is 0.319 e. The number of aromatic nitrogens is 1. The van der Waals surface area contributed by atoms with Crippen LogP contribution in [0.25, 0.3) is 10.9 Å². The molecule has 3 aliphatic rings. The van der Waals surface area contributed by atoms with E-state index in [2.05, 4.69) is 34.1 Å². The van der Waals surface area contributed by atoms with Gasteiger partial charge in [0.1, 0.15) is 6.10 Å². The summed E-state index contributed by atoms with van der Waals surface area (Å²) in [4.78, 5) is 30.9. The first kappa shape index (κ1) is 19.6. The second kappa shape index (κ2) is 7.71. The smallest absolute Gasteiger partial charge is 0.319 e. The summed E-state index contributed by atoms with van der Waals surface area (Å²) in [5.41, 5.74) is 9.31. The molecule has 2 fully saturated rings. The average Bonchev–Trinajstić information content (AvgIpc) is 3.16. The molecule has 1 aromatic heterocycles. The molecule has 1 aliphatic carbocycles. The third kappa shape index (κ3) is 3.11. The lowest BCUT2D eigenvalue weighted by Gasteiger charge is -2.51. The maximum atomic E-state index is 12.8. The van der Waals surface area contributed by atoms with Gasteiger partial charge in [-0.05, 0) is 49.1 Å². The van der Waals surface area contributed by atoms with Gasteiger partial charge in [-0.15, -0.1) is 0 Å². The molecule has 2 aliphatic heterocycles. The van der Waals surface area contributed by atoms with Crippen LogP contribution in [0.1, 0.15) is 36.6 Å². The number of H-pyrrole nitrogens is 1. The Bertz CT molecular complexity index is 971. The van der Waals surface area contributed by atoms with Gasteiger partial charge in [0.05, 0.1) is 25.6 Å². The number of nitrogens with two attached hydrogens (primary N) is 1. The molecule has 0 radical (unpaired) electrons. The lowest BCUT2D eigenvalue weighted by Crippen LogP contribution is -2.54. The molecule has 5 rings (SSSR count). The van der Waals surface area contributed by atoms with Gasteiger partial charge in [0.25, 0.3) is 0 Å². The fourth-order valence-electron chi connectivity index (χ4n) is 6.13. The highest BCUT2D eigenvalue weighted by Gasteiger charge is 2.51. The van der Waals surface area contributed by atoms with Crippen LogP contribution in [-0.4, -0.2) is 54.7 Å². The first-order chi connectivity index (χ1) is 14.6. The van der Waals surface area contributed by atoms with Gasteiger partial charge in [-0.1, -0.05) is 18.2 Å². The highest BCUT2D eigenvalue weighted by molar-refractivity contribution is 5.85. The molecular formula is C23H29N3O4. The largest absolute Gasteiger partial charge is 0.469 e. The highest BCUT2D eigenvalue weighted by atomic mass is 16.6. The summed E-state index contributed by atoms with van der Waals surface area (Å²) < 4.78 is 10.7. The standard InChI is InChI=1S/C23H29N3O4/c1-29-23(28)21-16-10-18-22-15(14-4-2-3-5-17(14)25-22)8-9-26(18)12-13(16)6-7-19(21)30-20(27)11-24/h2-5,13,16,18-19,21,25H,6-12,24H2,1H3/t13-,16-,18-,19-,21+/m0/s1. The number of para-hydroxylation sites is 1. The summed E-state index contributed by atoms with van der Waals surface area (Å²) in [6.07, 6.45) is 3.09. The molecule has 1 aromatic carbocycles. The van der Waals surface area contributed by atoms with Crippen LogP contribution in [0.15, 0.2) is 24.3 Å². The van der Waals surface area contributed by atoms with Crippen molar-refractivity contribution in [3.8, 4) is 0 Å². The number of fused-ring (bicyclic) bond motifs is 6. The number of nitrogens with one attached hydrogen (secondary N) is 1. The number of nitrogens with zero attached hydrogens (tertiary/aromatic N) is 1. The van der Waals surface area contributed by atoms with Crippen LogP contribution in [0.4, 0.5) is 0 Å². The van der Waals surface area contributed by atoms with Crippen molar-refractivity contribution < 1.29 is 19.1 Å². The second-order valence-electron chi connectivity index (χ2n) is 8.84. The predicted octanol–water partition coefficient (Wildman–Crippen LogP) is 2.16. The van der Waals surface area contributed by atoms with E-state index in [9.17, 15) is 9.59 Å². The molecular weight excluding hydrogens is 382 g/mol. The summed E-state index contributed by atoms with van der Waals surface area (Å²) in [6, 6.07) is 8.71. The van der Waals surface area contributed by atoms with Crippen molar-refractivity contribution >= 4 is 22.8 Å². The van der Waals surface area contributed by atoms with Gasteiger partial charge in [-0.25, -0.2) is 0 Å². The van der Waals surface area contributed by atoms with E-state index in [4.69, 9.17) is 15.2 Å². The molecule has 0 bridgehead atoms. The van der Waals surface area contributed by atoms with Crippen molar-refractivity contribution in [1.82, 2.24) is 9.88 Å². The van der Waals surface area contributed by atoms with Crippen LogP contribution in [0.3, 0.4) is 0 Å². The van der Waals surface area contributed by atoms with Crippen LogP contribution in [0, 0.1) is 17.8 Å². The molecule has 0 amide bonds. The third-order valence-electron chi connectivity index (χ3n) is 7.45. The van der Waals surface area contributed by atoms with Crippen molar-refractivity contribution in [3.63, 3.8) is 0 Å². The average molecular weight is 412 g/mol. The van der Waals surface area contributed by atoms with Gasteiger partial charge >= 0.3 is 11.9 Å². The zero-order chi connectivity index (χ0) is 20.8. The number of carbonyl (C=O) groups is 2. The van der Waals surface area contributed by atoms with Crippen LogP contribution in [0.2, 0.25) is 0 Å². The minimum atomic E-state index is -0.458. The fraction of sp³-hybridized carbons (Fsp3) is 0.565. The van der Waals surface area contributed by atoms with Crippen LogP contribution in [0.5, 0.6) is 0 Å². The number of benzene rings is 1. The first-order valence-corrected chi connectivity index (χ1v) is 10.9. The summed E-state index contributed by atoms with van der Waals surface area (Å²) >= 11 is 0. The maximum absolute atomic E-state index is 12.8. The van der Waals surface area contributed by atoms with E-state index in [1.807, 2.05) is 0 Å². The molecule has 160 valence electrons. The van der Waals surface area contributed by atoms with E-state index in [0.717, 1.165) is 32.4 Å². The molecule has 2 aromatic rings. The number of hydrogen-bond acceptors (Lipinski definition) is 6. The highest BCUT2D eigenvalue weighted by Crippen LogP contribution is 2.49. The Morgan fingerprint density at radius 2 is 2.10 bits per heavy atom. The van der Waals surface area contributed by atoms with Gasteiger partial charge in [0.15, 0.2) is 0 Å². The topological polar surface area (TPSA) is 97.6 Å². The molecule has 7 nitrogen and oxygen atoms in total. The summed E-state index contributed by atoms with van der Waals surface area (Å²) in [6.45, 7) is 1.83. The fourth-order valence-corrected chi connectivity index (χ4v) is 6.13. The summed E-state index contributed by atoms with van der Waals surface area (Å²) in [5.74, 6) is -0.633.